The van der Waals surface area contributed by atoms with Crippen LogP contribution in [0.15, 0.2) is 12.1 Å². The zero-order chi connectivity index (χ0) is 12.3. The van der Waals surface area contributed by atoms with E-state index in [4.69, 9.17) is 0 Å². The number of nitrogens with one attached hydrogen (secondary N) is 1. The van der Waals surface area contributed by atoms with Gasteiger partial charge in [-0.25, -0.2) is 0 Å². The van der Waals surface area contributed by atoms with Crippen molar-refractivity contribution in [1.82, 2.24) is 15.1 Å². The summed E-state index contributed by atoms with van der Waals surface area (Å²) >= 11 is 1.89. The minimum absolute atomic E-state index is 0.0204. The zero-order valence-corrected chi connectivity index (χ0v) is 10.8. The average molecular weight is 252 g/mol. The molecule has 1 saturated heterocycles. The molecule has 2 heterocycles. The van der Waals surface area contributed by atoms with Crippen molar-refractivity contribution in [3.8, 4) is 0 Å². The van der Waals surface area contributed by atoms with E-state index in [9.17, 15) is 4.79 Å². The molecule has 1 unspecified atom stereocenters. The summed E-state index contributed by atoms with van der Waals surface area (Å²) in [5.41, 5.74) is 0.419. The summed E-state index contributed by atoms with van der Waals surface area (Å²) in [5.74, 6) is 2.64. The third kappa shape index (κ3) is 2.69. The Morgan fingerprint density at radius 2 is 2.35 bits per heavy atom. The van der Waals surface area contributed by atoms with Gasteiger partial charge in [-0.15, -0.1) is 10.2 Å². The molecule has 1 atom stereocenters. The highest BCUT2D eigenvalue weighted by molar-refractivity contribution is 7.99. The first-order chi connectivity index (χ1) is 8.22. The fraction of sp³-hybridized carbons (Fsp3) is 0.545. The largest absolute Gasteiger partial charge is 0.372 e. The first kappa shape index (κ1) is 12.2. The number of rotatable bonds is 2. The molecule has 1 N–H and O–H groups in total. The van der Waals surface area contributed by atoms with Gasteiger partial charge in [-0.05, 0) is 19.1 Å². The topological polar surface area (TPSA) is 58.1 Å². The maximum Gasteiger partial charge on any atom is 0.274 e. The van der Waals surface area contributed by atoms with Gasteiger partial charge in [-0.1, -0.05) is 0 Å². The zero-order valence-electron chi connectivity index (χ0n) is 10.0. The normalized spacial score (nSPS) is 20.1. The lowest BCUT2D eigenvalue weighted by molar-refractivity contribution is 0.0709. The summed E-state index contributed by atoms with van der Waals surface area (Å²) in [6, 6.07) is 3.76. The van der Waals surface area contributed by atoms with Crippen LogP contribution >= 0.6 is 11.8 Å². The Bertz CT molecular complexity index is 395. The van der Waals surface area contributed by atoms with Gasteiger partial charge >= 0.3 is 0 Å². The lowest BCUT2D eigenvalue weighted by Crippen LogP contribution is -2.44. The van der Waals surface area contributed by atoms with Gasteiger partial charge in [-0.3, -0.25) is 4.79 Å². The number of hydrogen-bond donors (Lipinski definition) is 1. The third-order valence-corrected chi connectivity index (χ3v) is 3.96. The monoisotopic (exact) mass is 252 g/mol. The summed E-state index contributed by atoms with van der Waals surface area (Å²) in [4.78, 5) is 14.1. The van der Waals surface area contributed by atoms with Gasteiger partial charge in [0.25, 0.3) is 5.91 Å². The van der Waals surface area contributed by atoms with Crippen LogP contribution in [0.25, 0.3) is 0 Å². The molecular formula is C11H16N4OS. The van der Waals surface area contributed by atoms with Gasteiger partial charge in [0.15, 0.2) is 5.69 Å². The molecule has 2 rings (SSSR count). The maximum absolute atomic E-state index is 12.2. The fourth-order valence-electron chi connectivity index (χ4n) is 1.76. The highest BCUT2D eigenvalue weighted by atomic mass is 32.2. The van der Waals surface area contributed by atoms with Crippen molar-refractivity contribution in [2.75, 3.05) is 30.4 Å². The van der Waals surface area contributed by atoms with Crippen molar-refractivity contribution in [3.63, 3.8) is 0 Å². The summed E-state index contributed by atoms with van der Waals surface area (Å²) in [6.07, 6.45) is 0. The van der Waals surface area contributed by atoms with Gasteiger partial charge < -0.3 is 10.2 Å². The molecule has 0 spiro atoms. The van der Waals surface area contributed by atoms with E-state index in [1.165, 1.54) is 0 Å². The van der Waals surface area contributed by atoms with Crippen LogP contribution in [-0.4, -0.2) is 52.1 Å². The highest BCUT2D eigenvalue weighted by Gasteiger charge is 2.25. The van der Waals surface area contributed by atoms with Crippen LogP contribution in [0.5, 0.6) is 0 Å². The Morgan fingerprint density at radius 1 is 1.53 bits per heavy atom. The molecule has 6 heteroatoms. The molecule has 1 aromatic rings. The molecule has 0 bridgehead atoms. The smallest absolute Gasteiger partial charge is 0.274 e. The van der Waals surface area contributed by atoms with Crippen molar-refractivity contribution in [1.29, 1.82) is 0 Å². The second-order valence-corrected chi connectivity index (χ2v) is 5.13. The minimum Gasteiger partial charge on any atom is -0.372 e. The Labute approximate surface area is 105 Å². The highest BCUT2D eigenvalue weighted by Crippen LogP contribution is 2.18. The van der Waals surface area contributed by atoms with E-state index in [0.29, 0.717) is 11.5 Å². The van der Waals surface area contributed by atoms with E-state index in [1.807, 2.05) is 16.7 Å². The molecular weight excluding hydrogens is 236 g/mol. The van der Waals surface area contributed by atoms with Crippen molar-refractivity contribution < 1.29 is 4.79 Å². The van der Waals surface area contributed by atoms with Crippen LogP contribution in [0.2, 0.25) is 0 Å². The lowest BCUT2D eigenvalue weighted by Gasteiger charge is -2.32. The van der Waals surface area contributed by atoms with Crippen molar-refractivity contribution in [3.05, 3.63) is 17.8 Å². The van der Waals surface area contributed by atoms with Crippen LogP contribution < -0.4 is 5.32 Å². The van der Waals surface area contributed by atoms with Gasteiger partial charge in [0.05, 0.1) is 0 Å². The maximum atomic E-state index is 12.2. The third-order valence-electron chi connectivity index (χ3n) is 2.77. The molecule has 1 fully saturated rings. The van der Waals surface area contributed by atoms with E-state index in [0.717, 1.165) is 18.1 Å². The van der Waals surface area contributed by atoms with Crippen molar-refractivity contribution >= 4 is 23.5 Å². The predicted octanol–water partition coefficient (Wildman–Crippen LogP) is 1.10. The SMILES string of the molecule is CNc1ccc(C(=O)N2CCSCC2C)nn1. The van der Waals surface area contributed by atoms with E-state index in [1.54, 1.807) is 19.2 Å². The molecule has 0 aliphatic carbocycles. The van der Waals surface area contributed by atoms with Crippen LogP contribution in [-0.2, 0) is 0 Å². The Morgan fingerprint density at radius 3 is 2.94 bits per heavy atom. The molecule has 1 amide bonds. The van der Waals surface area contributed by atoms with Gasteiger partial charge in [0.2, 0.25) is 0 Å². The molecule has 5 nitrogen and oxygen atoms in total. The molecule has 0 saturated carbocycles. The number of nitrogens with zero attached hydrogens (tertiary/aromatic N) is 3. The molecule has 1 aromatic heterocycles. The van der Waals surface area contributed by atoms with Crippen LogP contribution in [0.1, 0.15) is 17.4 Å². The second kappa shape index (κ2) is 5.35. The fourth-order valence-corrected chi connectivity index (χ4v) is 2.77. The Kier molecular flexibility index (Phi) is 3.83. The van der Waals surface area contributed by atoms with Gasteiger partial charge in [-0.2, -0.15) is 11.8 Å². The summed E-state index contributed by atoms with van der Waals surface area (Å²) in [7, 11) is 1.77. The van der Waals surface area contributed by atoms with Gasteiger partial charge in [0, 0.05) is 31.1 Å². The molecule has 1 aliphatic heterocycles. The summed E-state index contributed by atoms with van der Waals surface area (Å²) < 4.78 is 0. The molecule has 92 valence electrons. The Hall–Kier alpha value is -1.30. The number of thioether (sulfide) groups is 1. The van der Waals surface area contributed by atoms with Crippen molar-refractivity contribution in [2.24, 2.45) is 0 Å². The number of carbonyl (C=O) groups excluding carboxylic acids is 1. The average Bonchev–Trinajstić information content (AvgIpc) is 2.39. The quantitative estimate of drug-likeness (QED) is 0.854. The molecule has 0 aromatic carbocycles. The van der Waals surface area contributed by atoms with E-state index in [-0.39, 0.29) is 11.9 Å². The minimum atomic E-state index is -0.0204. The standard InChI is InChI=1S/C11H16N4OS/c1-8-7-17-6-5-15(8)11(16)9-3-4-10(12-2)14-13-9/h3-4,8H,5-7H2,1-2H3,(H,12,14). The van der Waals surface area contributed by atoms with E-state index in [2.05, 4.69) is 22.4 Å². The molecule has 1 aliphatic rings. The van der Waals surface area contributed by atoms with Crippen LogP contribution in [0.4, 0.5) is 5.82 Å². The molecule has 0 radical (unpaired) electrons. The number of hydrogen-bond acceptors (Lipinski definition) is 5. The van der Waals surface area contributed by atoms with Gasteiger partial charge in [0.1, 0.15) is 5.82 Å². The number of amides is 1. The summed E-state index contributed by atoms with van der Waals surface area (Å²) in [5, 5.41) is 10.8. The second-order valence-electron chi connectivity index (χ2n) is 3.98. The first-order valence-corrected chi connectivity index (χ1v) is 6.78. The lowest BCUT2D eigenvalue weighted by atomic mass is 10.2. The van der Waals surface area contributed by atoms with E-state index < -0.39 is 0 Å². The first-order valence-electron chi connectivity index (χ1n) is 5.62. The predicted molar refractivity (Wildman–Crippen MR) is 69.4 cm³/mol. The van der Waals surface area contributed by atoms with E-state index >= 15 is 0 Å². The van der Waals surface area contributed by atoms with Crippen LogP contribution in [0.3, 0.4) is 0 Å². The number of anilines is 1. The Balaban J connectivity index is 2.12. The number of aromatic nitrogens is 2. The van der Waals surface area contributed by atoms with Crippen LogP contribution in [0, 0.1) is 0 Å². The summed E-state index contributed by atoms with van der Waals surface area (Å²) in [6.45, 7) is 2.86. The number of carbonyl (C=O) groups is 1. The molecule has 17 heavy (non-hydrogen) atoms. The van der Waals surface area contributed by atoms with Crippen molar-refractivity contribution in [2.45, 2.75) is 13.0 Å².